The van der Waals surface area contributed by atoms with Gasteiger partial charge in [0.2, 0.25) is 5.91 Å². The number of halogens is 1. The molecule has 0 atom stereocenters. The maximum atomic E-state index is 11.6. The minimum atomic E-state index is 0. The maximum Gasteiger partial charge on any atom is 0.220 e. The number of carbonyl (C=O) groups is 1. The number of fused-ring (bicyclic) bond motifs is 1. The van der Waals surface area contributed by atoms with E-state index in [0.717, 1.165) is 49.6 Å². The van der Waals surface area contributed by atoms with Gasteiger partial charge in [-0.15, -0.1) is 24.0 Å². The number of hydrogen-bond acceptors (Lipinski definition) is 3. The van der Waals surface area contributed by atoms with Crippen LogP contribution in [0.2, 0.25) is 0 Å². The van der Waals surface area contributed by atoms with Crippen LogP contribution in [0.3, 0.4) is 0 Å². The van der Waals surface area contributed by atoms with Gasteiger partial charge in [0.05, 0.1) is 6.54 Å². The number of benzene rings is 2. The van der Waals surface area contributed by atoms with E-state index >= 15 is 0 Å². The lowest BCUT2D eigenvalue weighted by molar-refractivity contribution is -0.121. The quantitative estimate of drug-likeness (QED) is 0.251. The predicted molar refractivity (Wildman–Crippen MR) is 134 cm³/mol. The molecule has 2 N–H and O–H groups in total. The van der Waals surface area contributed by atoms with Gasteiger partial charge in [0.25, 0.3) is 0 Å². The third kappa shape index (κ3) is 6.75. The highest BCUT2D eigenvalue weighted by atomic mass is 127. The van der Waals surface area contributed by atoms with Crippen molar-refractivity contribution in [1.82, 2.24) is 15.5 Å². The number of carbonyl (C=O) groups excluding carboxylic acids is 1. The Morgan fingerprint density at radius 1 is 1.17 bits per heavy atom. The monoisotopic (exact) mass is 524 g/mol. The summed E-state index contributed by atoms with van der Waals surface area (Å²) in [6, 6.07) is 14.4. The molecule has 0 aliphatic carbocycles. The van der Waals surface area contributed by atoms with Crippen LogP contribution in [0, 0.1) is 5.92 Å². The van der Waals surface area contributed by atoms with Crippen molar-refractivity contribution in [3.63, 3.8) is 0 Å². The molecule has 1 heterocycles. The number of aliphatic imine (C=N–C) groups is 1. The summed E-state index contributed by atoms with van der Waals surface area (Å²) in [6.45, 7) is 5.91. The van der Waals surface area contributed by atoms with E-state index in [1.807, 2.05) is 24.3 Å². The molecule has 1 saturated heterocycles. The molecule has 3 rings (SSSR count). The fraction of sp³-hybridized carbons (Fsp3) is 0.478. The first-order chi connectivity index (χ1) is 14.2. The second-order valence-electron chi connectivity index (χ2n) is 7.37. The highest BCUT2D eigenvalue weighted by molar-refractivity contribution is 14.0. The minimum absolute atomic E-state index is 0. The summed E-state index contributed by atoms with van der Waals surface area (Å²) in [6.07, 6.45) is 2.66. The van der Waals surface area contributed by atoms with Crippen molar-refractivity contribution in [2.24, 2.45) is 10.9 Å². The van der Waals surface area contributed by atoms with E-state index in [-0.39, 0.29) is 29.9 Å². The van der Waals surface area contributed by atoms with Crippen LogP contribution in [0.5, 0.6) is 5.75 Å². The molecule has 0 saturated carbocycles. The number of ether oxygens (including phenoxy) is 1. The Kier molecular flexibility index (Phi) is 10.2. The summed E-state index contributed by atoms with van der Waals surface area (Å²) in [7, 11) is 1.70. The SMILES string of the molecule is CCNC(=NCCOc1cccc2ccccc12)N1CCC(CC(=O)NC)CC1.I. The smallest absolute Gasteiger partial charge is 0.220 e. The topological polar surface area (TPSA) is 66.0 Å². The first kappa shape index (κ1) is 24.2. The van der Waals surface area contributed by atoms with E-state index in [1.54, 1.807) is 7.05 Å². The van der Waals surface area contributed by atoms with Crippen molar-refractivity contribution >= 4 is 46.6 Å². The van der Waals surface area contributed by atoms with Crippen LogP contribution in [0.1, 0.15) is 26.2 Å². The minimum Gasteiger partial charge on any atom is -0.491 e. The average Bonchev–Trinajstić information content (AvgIpc) is 2.76. The van der Waals surface area contributed by atoms with Crippen molar-refractivity contribution in [2.75, 3.05) is 39.8 Å². The van der Waals surface area contributed by atoms with Gasteiger partial charge in [-0.2, -0.15) is 0 Å². The lowest BCUT2D eigenvalue weighted by atomic mass is 9.93. The number of rotatable bonds is 7. The Bertz CT molecular complexity index is 830. The summed E-state index contributed by atoms with van der Waals surface area (Å²) >= 11 is 0. The third-order valence-electron chi connectivity index (χ3n) is 5.36. The van der Waals surface area contributed by atoms with E-state index in [1.165, 1.54) is 5.39 Å². The molecule has 30 heavy (non-hydrogen) atoms. The normalized spacial score (nSPS) is 14.9. The fourth-order valence-electron chi connectivity index (χ4n) is 3.77. The Morgan fingerprint density at radius 2 is 1.90 bits per heavy atom. The van der Waals surface area contributed by atoms with Crippen molar-refractivity contribution in [1.29, 1.82) is 0 Å². The van der Waals surface area contributed by atoms with Gasteiger partial charge in [-0.1, -0.05) is 36.4 Å². The number of piperidine rings is 1. The Hall–Kier alpha value is -2.03. The molecule has 1 aliphatic rings. The summed E-state index contributed by atoms with van der Waals surface area (Å²) < 4.78 is 6.01. The van der Waals surface area contributed by atoms with E-state index in [4.69, 9.17) is 9.73 Å². The summed E-state index contributed by atoms with van der Waals surface area (Å²) in [5.41, 5.74) is 0. The highest BCUT2D eigenvalue weighted by Gasteiger charge is 2.23. The zero-order chi connectivity index (χ0) is 20.5. The summed E-state index contributed by atoms with van der Waals surface area (Å²) in [4.78, 5) is 18.7. The van der Waals surface area contributed by atoms with Crippen molar-refractivity contribution in [3.8, 4) is 5.75 Å². The van der Waals surface area contributed by atoms with Crippen LogP contribution < -0.4 is 15.4 Å². The zero-order valence-corrected chi connectivity index (χ0v) is 20.2. The number of nitrogens with one attached hydrogen (secondary N) is 2. The van der Waals surface area contributed by atoms with Crippen LogP contribution in [-0.2, 0) is 4.79 Å². The Labute approximate surface area is 196 Å². The number of amides is 1. The number of guanidine groups is 1. The number of hydrogen-bond donors (Lipinski definition) is 2. The molecule has 0 bridgehead atoms. The molecule has 2 aromatic carbocycles. The van der Waals surface area contributed by atoms with Gasteiger partial charge in [0.1, 0.15) is 12.4 Å². The first-order valence-electron chi connectivity index (χ1n) is 10.6. The van der Waals surface area contributed by atoms with Crippen LogP contribution >= 0.6 is 24.0 Å². The van der Waals surface area contributed by atoms with Crippen molar-refractivity contribution < 1.29 is 9.53 Å². The molecular weight excluding hydrogens is 491 g/mol. The maximum absolute atomic E-state index is 11.6. The van der Waals surface area contributed by atoms with Gasteiger partial charge < -0.3 is 20.3 Å². The van der Waals surface area contributed by atoms with Crippen LogP contribution in [0.4, 0.5) is 0 Å². The van der Waals surface area contributed by atoms with Gasteiger partial charge in [0, 0.05) is 38.5 Å². The molecule has 0 aromatic heterocycles. The molecule has 0 unspecified atom stereocenters. The van der Waals surface area contributed by atoms with E-state index in [9.17, 15) is 4.79 Å². The average molecular weight is 524 g/mol. The number of nitrogens with zero attached hydrogens (tertiary/aromatic N) is 2. The molecule has 1 aliphatic heterocycles. The second kappa shape index (κ2) is 12.6. The van der Waals surface area contributed by atoms with Crippen LogP contribution in [-0.4, -0.2) is 56.6 Å². The fourth-order valence-corrected chi connectivity index (χ4v) is 3.77. The number of likely N-dealkylation sites (tertiary alicyclic amines) is 1. The van der Waals surface area contributed by atoms with E-state index < -0.39 is 0 Å². The predicted octanol–water partition coefficient (Wildman–Crippen LogP) is 3.65. The molecule has 164 valence electrons. The van der Waals surface area contributed by atoms with E-state index in [0.29, 0.717) is 25.5 Å². The van der Waals surface area contributed by atoms with Crippen LogP contribution in [0.25, 0.3) is 10.8 Å². The Morgan fingerprint density at radius 3 is 2.63 bits per heavy atom. The summed E-state index contributed by atoms with van der Waals surface area (Å²) in [5.74, 6) is 2.43. The van der Waals surface area contributed by atoms with E-state index in [2.05, 4.69) is 40.7 Å². The van der Waals surface area contributed by atoms with Crippen LogP contribution in [0.15, 0.2) is 47.5 Å². The molecule has 7 heteroatoms. The molecular formula is C23H33IN4O2. The lowest BCUT2D eigenvalue weighted by Crippen LogP contribution is -2.46. The van der Waals surface area contributed by atoms with Crippen molar-refractivity contribution in [2.45, 2.75) is 26.2 Å². The molecule has 1 fully saturated rings. The summed E-state index contributed by atoms with van der Waals surface area (Å²) in [5, 5.41) is 8.42. The van der Waals surface area contributed by atoms with Gasteiger partial charge in [-0.05, 0) is 37.1 Å². The molecule has 6 nitrogen and oxygen atoms in total. The standard InChI is InChI=1S/C23H32N4O2.HI/c1-3-25-23(27-14-11-18(12-15-27)17-22(28)24-2)26-13-16-29-21-10-6-8-19-7-4-5-9-20(19)21;/h4-10,18H,3,11-17H2,1-2H3,(H,24,28)(H,25,26);1H. The zero-order valence-electron chi connectivity index (χ0n) is 17.9. The molecule has 0 spiro atoms. The van der Waals surface area contributed by atoms with Gasteiger partial charge in [-0.3, -0.25) is 4.79 Å². The largest absolute Gasteiger partial charge is 0.491 e. The third-order valence-corrected chi connectivity index (χ3v) is 5.36. The molecule has 1 amide bonds. The van der Waals surface area contributed by atoms with Gasteiger partial charge >= 0.3 is 0 Å². The van der Waals surface area contributed by atoms with Crippen molar-refractivity contribution in [3.05, 3.63) is 42.5 Å². The molecule has 0 radical (unpaired) electrons. The Balaban J connectivity index is 0.00000320. The van der Waals surface area contributed by atoms with Gasteiger partial charge in [-0.25, -0.2) is 4.99 Å². The first-order valence-corrected chi connectivity index (χ1v) is 10.6. The second-order valence-corrected chi connectivity index (χ2v) is 7.37. The van der Waals surface area contributed by atoms with Gasteiger partial charge in [0.15, 0.2) is 5.96 Å². The highest BCUT2D eigenvalue weighted by Crippen LogP contribution is 2.25. The lowest BCUT2D eigenvalue weighted by Gasteiger charge is -2.34. The molecule has 2 aromatic rings.